The molecule has 1 amide bonds. The molecule has 0 aliphatic carbocycles. The van der Waals surface area contributed by atoms with E-state index in [2.05, 4.69) is 95.8 Å². The fraction of sp³-hybridized carbons (Fsp3) is 0.412. The summed E-state index contributed by atoms with van der Waals surface area (Å²) in [6.07, 6.45) is 1.04. The summed E-state index contributed by atoms with van der Waals surface area (Å²) >= 11 is 0. The monoisotopic (exact) mass is 535 g/mol. The van der Waals surface area contributed by atoms with E-state index >= 15 is 0 Å². The predicted octanol–water partition coefficient (Wildman–Crippen LogP) is 5.55. The van der Waals surface area contributed by atoms with Gasteiger partial charge in [0, 0.05) is 69.7 Å². The number of piperazine rings is 1. The fourth-order valence-electron chi connectivity index (χ4n) is 6.30. The molecule has 6 heteroatoms. The Bertz CT molecular complexity index is 1410. The molecule has 5 rings (SSSR count). The third-order valence-electron chi connectivity index (χ3n) is 8.61. The van der Waals surface area contributed by atoms with E-state index in [1.54, 1.807) is 0 Å². The van der Waals surface area contributed by atoms with Gasteiger partial charge in [0.15, 0.2) is 0 Å². The van der Waals surface area contributed by atoms with Crippen molar-refractivity contribution in [3.63, 3.8) is 0 Å². The molecule has 0 aromatic heterocycles. The summed E-state index contributed by atoms with van der Waals surface area (Å²) in [6.45, 7) is 15.5. The van der Waals surface area contributed by atoms with Gasteiger partial charge in [-0.05, 0) is 80.6 Å². The standard InChI is InChI=1S/C34H41N5O/c1-25-10-5-7-12-32(25)38-18-19-39(28(4)23-38)34(40)31-21-30(26(2)20-27(31)3)24-36-14-9-15-37(17-16-36)33-13-8-6-11-29(33)22-35/h5-8,10-13,20-21,28H,9,14-19,23-24H2,1-4H3/t28-/m0/s1. The lowest BCUT2D eigenvalue weighted by molar-refractivity contribution is 0.0673. The van der Waals surface area contributed by atoms with Gasteiger partial charge in [0.05, 0.1) is 11.3 Å². The molecule has 208 valence electrons. The van der Waals surface area contributed by atoms with Crippen LogP contribution >= 0.6 is 0 Å². The Labute approximate surface area is 239 Å². The van der Waals surface area contributed by atoms with Gasteiger partial charge < -0.3 is 14.7 Å². The van der Waals surface area contributed by atoms with Gasteiger partial charge in [-0.25, -0.2) is 0 Å². The van der Waals surface area contributed by atoms with Gasteiger partial charge in [-0.2, -0.15) is 5.26 Å². The first-order valence-electron chi connectivity index (χ1n) is 14.5. The molecule has 3 aromatic carbocycles. The molecular weight excluding hydrogens is 494 g/mol. The number of aryl methyl sites for hydroxylation is 3. The van der Waals surface area contributed by atoms with Crippen molar-refractivity contribution in [3.05, 3.63) is 94.0 Å². The summed E-state index contributed by atoms with van der Waals surface area (Å²) in [5, 5.41) is 9.56. The Morgan fingerprint density at radius 2 is 1.55 bits per heavy atom. The second kappa shape index (κ2) is 12.1. The molecule has 0 N–H and O–H groups in total. The molecule has 1 atom stereocenters. The second-order valence-electron chi connectivity index (χ2n) is 11.4. The highest BCUT2D eigenvalue weighted by atomic mass is 16.2. The molecule has 0 saturated carbocycles. The maximum absolute atomic E-state index is 13.9. The molecule has 0 radical (unpaired) electrons. The van der Waals surface area contributed by atoms with E-state index in [4.69, 9.17) is 0 Å². The number of benzene rings is 3. The van der Waals surface area contributed by atoms with Crippen LogP contribution < -0.4 is 9.80 Å². The molecule has 2 aliphatic heterocycles. The van der Waals surface area contributed by atoms with Crippen LogP contribution in [0.1, 0.15) is 51.5 Å². The number of nitriles is 1. The van der Waals surface area contributed by atoms with Crippen LogP contribution in [0.4, 0.5) is 11.4 Å². The molecule has 3 aromatic rings. The maximum atomic E-state index is 13.9. The molecule has 40 heavy (non-hydrogen) atoms. The Morgan fingerprint density at radius 1 is 0.825 bits per heavy atom. The lowest BCUT2D eigenvalue weighted by Crippen LogP contribution is -2.54. The van der Waals surface area contributed by atoms with E-state index in [0.29, 0.717) is 0 Å². The summed E-state index contributed by atoms with van der Waals surface area (Å²) in [4.78, 5) is 23.2. The topological polar surface area (TPSA) is 53.8 Å². The summed E-state index contributed by atoms with van der Waals surface area (Å²) in [5.74, 6) is 0.144. The van der Waals surface area contributed by atoms with Crippen molar-refractivity contribution >= 4 is 17.3 Å². The zero-order chi connectivity index (χ0) is 28.2. The lowest BCUT2D eigenvalue weighted by Gasteiger charge is -2.41. The van der Waals surface area contributed by atoms with Crippen molar-refractivity contribution in [2.24, 2.45) is 0 Å². The van der Waals surface area contributed by atoms with Crippen molar-refractivity contribution in [2.45, 2.75) is 46.7 Å². The van der Waals surface area contributed by atoms with Gasteiger partial charge in [-0.15, -0.1) is 0 Å². The zero-order valence-corrected chi connectivity index (χ0v) is 24.4. The molecule has 2 heterocycles. The Morgan fingerprint density at radius 3 is 2.30 bits per heavy atom. The Balaban J connectivity index is 1.27. The highest BCUT2D eigenvalue weighted by molar-refractivity contribution is 5.96. The highest BCUT2D eigenvalue weighted by Crippen LogP contribution is 2.26. The number of para-hydroxylation sites is 2. The van der Waals surface area contributed by atoms with Crippen LogP contribution in [0.5, 0.6) is 0 Å². The summed E-state index contributed by atoms with van der Waals surface area (Å²) in [7, 11) is 0. The molecule has 0 spiro atoms. The van der Waals surface area contributed by atoms with Crippen LogP contribution in [0, 0.1) is 32.1 Å². The number of hydrogen-bond acceptors (Lipinski definition) is 5. The minimum atomic E-state index is 0.137. The van der Waals surface area contributed by atoms with Gasteiger partial charge in [0.1, 0.15) is 6.07 Å². The number of nitrogens with zero attached hydrogens (tertiary/aromatic N) is 5. The quantitative estimate of drug-likeness (QED) is 0.429. The smallest absolute Gasteiger partial charge is 0.254 e. The van der Waals surface area contributed by atoms with Crippen LogP contribution in [0.2, 0.25) is 0 Å². The number of amides is 1. The van der Waals surface area contributed by atoms with E-state index in [1.807, 2.05) is 18.2 Å². The number of anilines is 2. The van der Waals surface area contributed by atoms with Gasteiger partial charge in [-0.3, -0.25) is 9.69 Å². The average molecular weight is 536 g/mol. The minimum Gasteiger partial charge on any atom is -0.369 e. The van der Waals surface area contributed by atoms with E-state index in [1.165, 1.54) is 22.4 Å². The normalized spacial score (nSPS) is 18.4. The van der Waals surface area contributed by atoms with E-state index < -0.39 is 0 Å². The number of hydrogen-bond donors (Lipinski definition) is 0. The first-order chi connectivity index (χ1) is 19.4. The summed E-state index contributed by atoms with van der Waals surface area (Å²) < 4.78 is 0. The number of rotatable bonds is 5. The fourth-order valence-corrected chi connectivity index (χ4v) is 6.30. The van der Waals surface area contributed by atoms with E-state index in [9.17, 15) is 10.1 Å². The largest absolute Gasteiger partial charge is 0.369 e. The van der Waals surface area contributed by atoms with E-state index in [-0.39, 0.29) is 11.9 Å². The highest BCUT2D eigenvalue weighted by Gasteiger charge is 2.30. The van der Waals surface area contributed by atoms with E-state index in [0.717, 1.165) is 81.2 Å². The summed E-state index contributed by atoms with van der Waals surface area (Å²) in [5.41, 5.74) is 8.66. The zero-order valence-electron chi connectivity index (χ0n) is 24.4. The average Bonchev–Trinajstić information content (AvgIpc) is 3.20. The molecule has 2 saturated heterocycles. The first kappa shape index (κ1) is 27.7. The molecular formula is C34H41N5O. The van der Waals surface area contributed by atoms with Gasteiger partial charge in [0.2, 0.25) is 0 Å². The van der Waals surface area contributed by atoms with Crippen molar-refractivity contribution in [1.82, 2.24) is 9.80 Å². The lowest BCUT2D eigenvalue weighted by atomic mass is 9.97. The summed E-state index contributed by atoms with van der Waals surface area (Å²) in [6, 6.07) is 23.2. The van der Waals surface area contributed by atoms with Crippen LogP contribution in [-0.2, 0) is 6.54 Å². The van der Waals surface area contributed by atoms with Crippen LogP contribution in [0.3, 0.4) is 0 Å². The molecule has 2 aliphatic rings. The van der Waals surface area contributed by atoms with Crippen molar-refractivity contribution in [3.8, 4) is 6.07 Å². The maximum Gasteiger partial charge on any atom is 0.254 e. The molecule has 0 bridgehead atoms. The number of carbonyl (C=O) groups excluding carboxylic acids is 1. The van der Waals surface area contributed by atoms with Gasteiger partial charge in [-0.1, -0.05) is 36.4 Å². The predicted molar refractivity (Wildman–Crippen MR) is 163 cm³/mol. The SMILES string of the molecule is Cc1cc(C)c(C(=O)N2CCN(c3ccccc3C)C[C@@H]2C)cc1CN1CCCN(c2ccccc2C#N)CC1. The van der Waals surface area contributed by atoms with Crippen LogP contribution in [0.25, 0.3) is 0 Å². The third kappa shape index (κ3) is 5.85. The van der Waals surface area contributed by atoms with Crippen molar-refractivity contribution in [1.29, 1.82) is 5.26 Å². The number of carbonyl (C=O) groups is 1. The Hall–Kier alpha value is -3.82. The molecule has 6 nitrogen and oxygen atoms in total. The van der Waals surface area contributed by atoms with Crippen molar-refractivity contribution in [2.75, 3.05) is 55.6 Å². The first-order valence-corrected chi connectivity index (χ1v) is 14.5. The third-order valence-corrected chi connectivity index (χ3v) is 8.61. The van der Waals surface area contributed by atoms with Gasteiger partial charge >= 0.3 is 0 Å². The van der Waals surface area contributed by atoms with Crippen LogP contribution in [-0.4, -0.2) is 67.6 Å². The molecule has 2 fully saturated rings. The Kier molecular flexibility index (Phi) is 8.42. The van der Waals surface area contributed by atoms with Gasteiger partial charge in [0.25, 0.3) is 5.91 Å². The molecule has 0 unspecified atom stereocenters. The second-order valence-corrected chi connectivity index (χ2v) is 11.4. The van der Waals surface area contributed by atoms with Crippen LogP contribution in [0.15, 0.2) is 60.7 Å². The minimum absolute atomic E-state index is 0.137. The van der Waals surface area contributed by atoms with Crippen molar-refractivity contribution < 1.29 is 4.79 Å².